The molecule has 0 fully saturated rings. The first-order valence-corrected chi connectivity index (χ1v) is 5.61. The van der Waals surface area contributed by atoms with Crippen LogP contribution in [-0.2, 0) is 16.0 Å². The number of pyridine rings is 1. The molecule has 4 heteroatoms. The van der Waals surface area contributed by atoms with Gasteiger partial charge in [0.1, 0.15) is 0 Å². The monoisotopic (exact) mass is 242 g/mol. The maximum atomic E-state index is 11.1. The highest BCUT2D eigenvalue weighted by molar-refractivity contribution is 5.72. The highest BCUT2D eigenvalue weighted by Crippen LogP contribution is 2.16. The Morgan fingerprint density at radius 1 is 1.22 bits per heavy atom. The molecule has 18 heavy (non-hydrogen) atoms. The van der Waals surface area contributed by atoms with Crippen molar-refractivity contribution >= 4 is 17.3 Å². The Morgan fingerprint density at radius 2 is 2.00 bits per heavy atom. The summed E-state index contributed by atoms with van der Waals surface area (Å²) in [7, 11) is 1.39. The van der Waals surface area contributed by atoms with Crippen LogP contribution in [-0.4, -0.2) is 18.1 Å². The van der Waals surface area contributed by atoms with E-state index in [1.165, 1.54) is 7.11 Å². The molecule has 0 spiro atoms. The third kappa shape index (κ3) is 3.31. The zero-order valence-corrected chi connectivity index (χ0v) is 10.1. The average molecular weight is 242 g/mol. The molecule has 1 aromatic carbocycles. The number of anilines is 2. The Bertz CT molecular complexity index is 509. The fourth-order valence-corrected chi connectivity index (χ4v) is 1.55. The Kier molecular flexibility index (Phi) is 3.91. The van der Waals surface area contributed by atoms with Gasteiger partial charge in [0.05, 0.1) is 25.4 Å². The molecule has 1 N–H and O–H groups in total. The maximum Gasteiger partial charge on any atom is 0.309 e. The molecule has 92 valence electrons. The molecule has 1 heterocycles. The second-order valence-electron chi connectivity index (χ2n) is 3.82. The van der Waals surface area contributed by atoms with Gasteiger partial charge in [-0.1, -0.05) is 12.1 Å². The van der Waals surface area contributed by atoms with Gasteiger partial charge in [0.2, 0.25) is 0 Å². The van der Waals surface area contributed by atoms with E-state index in [4.69, 9.17) is 0 Å². The third-order valence-electron chi connectivity index (χ3n) is 2.48. The molecular weight excluding hydrogens is 228 g/mol. The van der Waals surface area contributed by atoms with E-state index in [0.717, 1.165) is 16.9 Å². The van der Waals surface area contributed by atoms with Crippen LogP contribution in [0.2, 0.25) is 0 Å². The van der Waals surface area contributed by atoms with Crippen molar-refractivity contribution in [3.63, 3.8) is 0 Å². The molecule has 0 unspecified atom stereocenters. The minimum Gasteiger partial charge on any atom is -0.469 e. The van der Waals surface area contributed by atoms with Crippen molar-refractivity contribution in [2.24, 2.45) is 0 Å². The first kappa shape index (κ1) is 12.1. The fourth-order valence-electron chi connectivity index (χ4n) is 1.55. The van der Waals surface area contributed by atoms with Crippen LogP contribution < -0.4 is 5.32 Å². The number of methoxy groups -OCH3 is 1. The molecule has 0 aliphatic heterocycles. The number of ether oxygens (including phenoxy) is 1. The predicted octanol–water partition coefficient (Wildman–Crippen LogP) is 2.54. The largest absolute Gasteiger partial charge is 0.469 e. The minimum absolute atomic E-state index is 0.233. The SMILES string of the molecule is COC(=O)Cc1ccc(Nc2cccnc2)cc1. The summed E-state index contributed by atoms with van der Waals surface area (Å²) in [6.07, 6.45) is 3.77. The van der Waals surface area contributed by atoms with Crippen LogP contribution in [0, 0.1) is 0 Å². The molecular formula is C14H14N2O2. The standard InChI is InChI=1S/C14H14N2O2/c1-18-14(17)9-11-4-6-12(7-5-11)16-13-3-2-8-15-10-13/h2-8,10,16H,9H2,1H3. The lowest BCUT2D eigenvalue weighted by molar-refractivity contribution is -0.139. The number of hydrogen-bond acceptors (Lipinski definition) is 4. The number of benzene rings is 1. The van der Waals surface area contributed by atoms with Gasteiger partial charge in [-0.05, 0) is 29.8 Å². The number of hydrogen-bond donors (Lipinski definition) is 1. The summed E-state index contributed by atoms with van der Waals surface area (Å²) in [6.45, 7) is 0. The molecule has 0 bridgehead atoms. The Morgan fingerprint density at radius 3 is 2.61 bits per heavy atom. The lowest BCUT2D eigenvalue weighted by Crippen LogP contribution is -2.04. The number of rotatable bonds is 4. The van der Waals surface area contributed by atoms with Gasteiger partial charge in [-0.25, -0.2) is 0 Å². The number of nitrogens with one attached hydrogen (secondary N) is 1. The van der Waals surface area contributed by atoms with Gasteiger partial charge >= 0.3 is 5.97 Å². The van der Waals surface area contributed by atoms with Crippen molar-refractivity contribution in [3.05, 3.63) is 54.4 Å². The van der Waals surface area contributed by atoms with E-state index < -0.39 is 0 Å². The van der Waals surface area contributed by atoms with Crippen molar-refractivity contribution in [2.45, 2.75) is 6.42 Å². The zero-order chi connectivity index (χ0) is 12.8. The molecule has 2 aromatic rings. The Labute approximate surface area is 106 Å². The van der Waals surface area contributed by atoms with Crippen molar-refractivity contribution < 1.29 is 9.53 Å². The summed E-state index contributed by atoms with van der Waals surface area (Å²) in [5.74, 6) is -0.233. The van der Waals surface area contributed by atoms with Gasteiger partial charge in [-0.2, -0.15) is 0 Å². The first-order valence-electron chi connectivity index (χ1n) is 5.61. The summed E-state index contributed by atoms with van der Waals surface area (Å²) in [5, 5.41) is 3.22. The van der Waals surface area contributed by atoms with E-state index in [1.807, 2.05) is 36.4 Å². The van der Waals surface area contributed by atoms with Crippen LogP contribution in [0.3, 0.4) is 0 Å². The van der Waals surface area contributed by atoms with Gasteiger partial charge in [-0.15, -0.1) is 0 Å². The normalized spacial score (nSPS) is 9.83. The molecule has 0 saturated heterocycles. The summed E-state index contributed by atoms with van der Waals surface area (Å²) in [4.78, 5) is 15.1. The quantitative estimate of drug-likeness (QED) is 0.837. The summed E-state index contributed by atoms with van der Waals surface area (Å²) in [5.41, 5.74) is 2.81. The summed E-state index contributed by atoms with van der Waals surface area (Å²) >= 11 is 0. The van der Waals surface area contributed by atoms with Crippen molar-refractivity contribution in [3.8, 4) is 0 Å². The average Bonchev–Trinajstić information content (AvgIpc) is 2.42. The third-order valence-corrected chi connectivity index (χ3v) is 2.48. The van der Waals surface area contributed by atoms with E-state index in [0.29, 0.717) is 6.42 Å². The lowest BCUT2D eigenvalue weighted by Gasteiger charge is -2.06. The van der Waals surface area contributed by atoms with Crippen LogP contribution >= 0.6 is 0 Å². The molecule has 0 saturated carbocycles. The van der Waals surface area contributed by atoms with E-state index >= 15 is 0 Å². The number of carbonyl (C=O) groups is 1. The second kappa shape index (κ2) is 5.82. The molecule has 2 rings (SSSR count). The highest BCUT2D eigenvalue weighted by atomic mass is 16.5. The lowest BCUT2D eigenvalue weighted by atomic mass is 10.1. The first-order chi connectivity index (χ1) is 8.78. The minimum atomic E-state index is -0.233. The molecule has 0 aliphatic rings. The number of carbonyl (C=O) groups excluding carboxylic acids is 1. The molecule has 0 atom stereocenters. The van der Waals surface area contributed by atoms with Crippen LogP contribution in [0.5, 0.6) is 0 Å². The summed E-state index contributed by atoms with van der Waals surface area (Å²) in [6, 6.07) is 11.4. The molecule has 0 radical (unpaired) electrons. The van der Waals surface area contributed by atoms with Crippen LogP contribution in [0.4, 0.5) is 11.4 Å². The maximum absolute atomic E-state index is 11.1. The molecule has 1 aromatic heterocycles. The van der Waals surface area contributed by atoms with Gasteiger partial charge in [0.25, 0.3) is 0 Å². The zero-order valence-electron chi connectivity index (χ0n) is 10.1. The fraction of sp³-hybridized carbons (Fsp3) is 0.143. The second-order valence-corrected chi connectivity index (χ2v) is 3.82. The Hall–Kier alpha value is -2.36. The predicted molar refractivity (Wildman–Crippen MR) is 69.7 cm³/mol. The van der Waals surface area contributed by atoms with Gasteiger partial charge in [0.15, 0.2) is 0 Å². The van der Waals surface area contributed by atoms with Crippen molar-refractivity contribution in [1.82, 2.24) is 4.98 Å². The summed E-state index contributed by atoms with van der Waals surface area (Å²) < 4.78 is 4.62. The molecule has 0 aliphatic carbocycles. The highest BCUT2D eigenvalue weighted by Gasteiger charge is 2.02. The van der Waals surface area contributed by atoms with Gasteiger partial charge in [0, 0.05) is 11.9 Å². The molecule has 0 amide bonds. The van der Waals surface area contributed by atoms with Crippen LogP contribution in [0.25, 0.3) is 0 Å². The van der Waals surface area contributed by atoms with Gasteiger partial charge in [-0.3, -0.25) is 9.78 Å². The number of aromatic nitrogens is 1. The van der Waals surface area contributed by atoms with Crippen LogP contribution in [0.15, 0.2) is 48.8 Å². The topological polar surface area (TPSA) is 51.2 Å². The van der Waals surface area contributed by atoms with E-state index in [1.54, 1.807) is 12.4 Å². The van der Waals surface area contributed by atoms with Crippen LogP contribution in [0.1, 0.15) is 5.56 Å². The Balaban J connectivity index is 2.02. The van der Waals surface area contributed by atoms with Crippen molar-refractivity contribution in [2.75, 3.05) is 12.4 Å². The van der Waals surface area contributed by atoms with E-state index in [9.17, 15) is 4.79 Å². The van der Waals surface area contributed by atoms with Crippen molar-refractivity contribution in [1.29, 1.82) is 0 Å². The number of esters is 1. The van der Waals surface area contributed by atoms with E-state index in [2.05, 4.69) is 15.0 Å². The van der Waals surface area contributed by atoms with E-state index in [-0.39, 0.29) is 5.97 Å². The molecule has 4 nitrogen and oxygen atoms in total. The number of nitrogens with zero attached hydrogens (tertiary/aromatic N) is 1. The van der Waals surface area contributed by atoms with Gasteiger partial charge < -0.3 is 10.1 Å². The smallest absolute Gasteiger partial charge is 0.309 e.